The molecule has 0 unspecified atom stereocenters. The number of carbonyl (C=O) groups excluding carboxylic acids is 1. The number of halogens is 1. The molecule has 7 nitrogen and oxygen atoms in total. The van der Waals surface area contributed by atoms with Gasteiger partial charge in [0, 0.05) is 23.5 Å². The topological polar surface area (TPSA) is 78.2 Å². The highest BCUT2D eigenvalue weighted by atomic mass is 35.5. The van der Waals surface area contributed by atoms with Gasteiger partial charge in [0.1, 0.15) is 18.1 Å². The molecule has 2 aromatic heterocycles. The van der Waals surface area contributed by atoms with Gasteiger partial charge in [-0.2, -0.15) is 5.10 Å². The second-order valence-corrected chi connectivity index (χ2v) is 7.08. The van der Waals surface area contributed by atoms with E-state index in [1.54, 1.807) is 18.2 Å². The van der Waals surface area contributed by atoms with Crippen molar-refractivity contribution in [3.8, 4) is 11.4 Å². The lowest BCUT2D eigenvalue weighted by molar-refractivity contribution is 0.101. The van der Waals surface area contributed by atoms with Gasteiger partial charge in [-0.15, -0.1) is 0 Å². The van der Waals surface area contributed by atoms with E-state index in [2.05, 4.69) is 10.4 Å². The van der Waals surface area contributed by atoms with E-state index in [9.17, 15) is 9.59 Å². The molecule has 4 rings (SSSR count). The quantitative estimate of drug-likeness (QED) is 0.476. The number of benzene rings is 2. The number of carbonyl (C=O) groups is 1. The van der Waals surface area contributed by atoms with Crippen LogP contribution >= 0.6 is 11.6 Å². The van der Waals surface area contributed by atoms with Crippen LogP contribution in [0.15, 0.2) is 90.0 Å². The summed E-state index contributed by atoms with van der Waals surface area (Å²) >= 11 is 6.13. The van der Waals surface area contributed by atoms with Gasteiger partial charge in [0.05, 0.1) is 17.9 Å². The molecule has 0 spiro atoms. The van der Waals surface area contributed by atoms with Crippen molar-refractivity contribution < 1.29 is 9.53 Å². The Morgan fingerprint density at radius 2 is 1.77 bits per heavy atom. The van der Waals surface area contributed by atoms with E-state index in [1.165, 1.54) is 16.8 Å². The van der Waals surface area contributed by atoms with Crippen LogP contribution in [-0.2, 0) is 6.54 Å². The van der Waals surface area contributed by atoms with Gasteiger partial charge in [-0.3, -0.25) is 9.59 Å². The van der Waals surface area contributed by atoms with Crippen LogP contribution in [0, 0.1) is 0 Å². The monoisotopic (exact) mass is 434 g/mol. The molecule has 0 aliphatic heterocycles. The molecule has 0 radical (unpaired) electrons. The van der Waals surface area contributed by atoms with Crippen molar-refractivity contribution in [2.75, 3.05) is 11.9 Å². The summed E-state index contributed by atoms with van der Waals surface area (Å²) in [5.41, 5.74) is 1.09. The summed E-state index contributed by atoms with van der Waals surface area (Å²) in [6.45, 7) is 0.460. The molecular formula is C23H19ClN4O3. The van der Waals surface area contributed by atoms with Crippen LogP contribution in [0.4, 0.5) is 5.69 Å². The van der Waals surface area contributed by atoms with Crippen LogP contribution in [0.3, 0.4) is 0 Å². The Hall–Kier alpha value is -3.84. The normalized spacial score (nSPS) is 10.6. The average molecular weight is 435 g/mol. The lowest BCUT2D eigenvalue weighted by Crippen LogP contribution is -2.28. The summed E-state index contributed by atoms with van der Waals surface area (Å²) in [5.74, 6) is 0.262. The second kappa shape index (κ2) is 9.32. The van der Waals surface area contributed by atoms with Gasteiger partial charge in [0.25, 0.3) is 11.5 Å². The fourth-order valence-corrected chi connectivity index (χ4v) is 3.17. The average Bonchev–Trinajstić information content (AvgIpc) is 3.32. The first-order valence-electron chi connectivity index (χ1n) is 9.60. The molecule has 156 valence electrons. The number of ether oxygens (including phenoxy) is 1. The number of rotatable bonds is 7. The van der Waals surface area contributed by atoms with Crippen LogP contribution < -0.4 is 15.6 Å². The number of hydrogen-bond acceptors (Lipinski definition) is 4. The highest BCUT2D eigenvalue weighted by Crippen LogP contribution is 2.25. The zero-order valence-electron chi connectivity index (χ0n) is 16.4. The fourth-order valence-electron chi connectivity index (χ4n) is 3.00. The molecule has 4 aromatic rings. The van der Waals surface area contributed by atoms with E-state index >= 15 is 0 Å². The van der Waals surface area contributed by atoms with Crippen LogP contribution in [0.1, 0.15) is 10.5 Å². The predicted octanol–water partition coefficient (Wildman–Crippen LogP) is 4.02. The summed E-state index contributed by atoms with van der Waals surface area (Å²) in [6, 6.07) is 20.9. The lowest BCUT2D eigenvalue weighted by atomic mass is 10.2. The molecule has 0 aliphatic carbocycles. The minimum atomic E-state index is -0.437. The first-order chi connectivity index (χ1) is 15.1. The molecule has 0 saturated heterocycles. The third-order valence-electron chi connectivity index (χ3n) is 4.50. The maximum atomic E-state index is 12.8. The Kier molecular flexibility index (Phi) is 6.14. The zero-order valence-corrected chi connectivity index (χ0v) is 17.2. The van der Waals surface area contributed by atoms with E-state index in [0.717, 1.165) is 5.69 Å². The zero-order chi connectivity index (χ0) is 21.6. The van der Waals surface area contributed by atoms with Crippen molar-refractivity contribution in [3.63, 3.8) is 0 Å². The van der Waals surface area contributed by atoms with Crippen LogP contribution in [0.5, 0.6) is 5.75 Å². The summed E-state index contributed by atoms with van der Waals surface area (Å²) < 4.78 is 8.67. The number of anilines is 1. The summed E-state index contributed by atoms with van der Waals surface area (Å²) in [7, 11) is 0. The van der Waals surface area contributed by atoms with Crippen molar-refractivity contribution in [1.82, 2.24) is 14.3 Å². The molecule has 0 bridgehead atoms. The van der Waals surface area contributed by atoms with E-state index in [-0.39, 0.29) is 24.4 Å². The molecule has 2 heterocycles. The third-order valence-corrected chi connectivity index (χ3v) is 4.74. The molecule has 1 amide bonds. The molecule has 1 N–H and O–H groups in total. The minimum absolute atomic E-state index is 0.118. The van der Waals surface area contributed by atoms with Gasteiger partial charge < -0.3 is 14.6 Å². The Balaban J connectivity index is 1.49. The smallest absolute Gasteiger partial charge is 0.276 e. The van der Waals surface area contributed by atoms with Gasteiger partial charge in [-0.1, -0.05) is 29.8 Å². The molecule has 0 fully saturated rings. The number of nitrogens with one attached hydrogen (secondary N) is 1. The largest absolute Gasteiger partial charge is 0.492 e. The SMILES string of the molecule is O=C(Nc1ccc(Cl)cc1-n1cccc1)c1ccc(=O)n(CCOc2ccccc2)n1. The first-order valence-corrected chi connectivity index (χ1v) is 9.98. The fraction of sp³-hybridized carbons (Fsp3) is 0.0870. The summed E-state index contributed by atoms with van der Waals surface area (Å²) in [5, 5.41) is 7.58. The molecule has 8 heteroatoms. The molecule has 0 aliphatic rings. The van der Waals surface area contributed by atoms with Crippen molar-refractivity contribution >= 4 is 23.2 Å². The van der Waals surface area contributed by atoms with Crippen molar-refractivity contribution in [3.05, 3.63) is 106 Å². The predicted molar refractivity (Wildman–Crippen MR) is 119 cm³/mol. The standard InChI is InChI=1S/C23H19ClN4O3/c24-17-8-9-19(21(16-17)27-12-4-5-13-27)25-23(30)20-10-11-22(29)28(26-20)14-15-31-18-6-2-1-3-7-18/h1-13,16H,14-15H2,(H,25,30). The van der Waals surface area contributed by atoms with Gasteiger partial charge in [-0.25, -0.2) is 4.68 Å². The van der Waals surface area contributed by atoms with Crippen LogP contribution in [-0.4, -0.2) is 26.9 Å². The number of nitrogens with zero attached hydrogens (tertiary/aromatic N) is 3. The Bertz CT molecular complexity index is 1240. The number of para-hydroxylation sites is 1. The number of hydrogen-bond donors (Lipinski definition) is 1. The van der Waals surface area contributed by atoms with Gasteiger partial charge in [0.15, 0.2) is 0 Å². The lowest BCUT2D eigenvalue weighted by Gasteiger charge is -2.13. The van der Waals surface area contributed by atoms with E-state index in [0.29, 0.717) is 16.5 Å². The Morgan fingerprint density at radius 3 is 2.55 bits per heavy atom. The second-order valence-electron chi connectivity index (χ2n) is 6.65. The highest BCUT2D eigenvalue weighted by molar-refractivity contribution is 6.31. The van der Waals surface area contributed by atoms with Crippen molar-refractivity contribution in [2.24, 2.45) is 0 Å². The molecule has 31 heavy (non-hydrogen) atoms. The summed E-state index contributed by atoms with van der Waals surface area (Å²) in [4.78, 5) is 25.0. The molecule has 0 atom stereocenters. The first kappa shape index (κ1) is 20.4. The third kappa shape index (κ3) is 5.02. The van der Waals surface area contributed by atoms with Gasteiger partial charge in [0.2, 0.25) is 0 Å². The maximum absolute atomic E-state index is 12.8. The summed E-state index contributed by atoms with van der Waals surface area (Å²) in [6.07, 6.45) is 3.71. The van der Waals surface area contributed by atoms with Crippen molar-refractivity contribution in [2.45, 2.75) is 6.54 Å². The van der Waals surface area contributed by atoms with E-state index in [4.69, 9.17) is 16.3 Å². The van der Waals surface area contributed by atoms with Crippen LogP contribution in [0.2, 0.25) is 5.02 Å². The maximum Gasteiger partial charge on any atom is 0.276 e. The van der Waals surface area contributed by atoms with E-state index in [1.807, 2.05) is 59.4 Å². The minimum Gasteiger partial charge on any atom is -0.492 e. The number of aromatic nitrogens is 3. The van der Waals surface area contributed by atoms with Crippen molar-refractivity contribution in [1.29, 1.82) is 0 Å². The molecule has 0 saturated carbocycles. The van der Waals surface area contributed by atoms with Gasteiger partial charge >= 0.3 is 0 Å². The Labute approximate surface area is 183 Å². The highest BCUT2D eigenvalue weighted by Gasteiger charge is 2.13. The Morgan fingerprint density at radius 1 is 1.00 bits per heavy atom. The van der Waals surface area contributed by atoms with E-state index < -0.39 is 5.91 Å². The number of amides is 1. The molecular weight excluding hydrogens is 416 g/mol. The van der Waals surface area contributed by atoms with Crippen LogP contribution in [0.25, 0.3) is 5.69 Å². The molecule has 2 aromatic carbocycles. The van der Waals surface area contributed by atoms with Gasteiger partial charge in [-0.05, 0) is 48.5 Å².